The van der Waals surface area contributed by atoms with Gasteiger partial charge in [-0.3, -0.25) is 9.78 Å². The van der Waals surface area contributed by atoms with E-state index in [1.165, 1.54) is 46.4 Å². The molecule has 5 rings (SSSR count). The van der Waals surface area contributed by atoms with Crippen molar-refractivity contribution in [1.29, 1.82) is 0 Å². The first-order valence-corrected chi connectivity index (χ1v) is 11.7. The quantitative estimate of drug-likeness (QED) is 0.380. The molecule has 0 radical (unpaired) electrons. The van der Waals surface area contributed by atoms with Crippen molar-refractivity contribution in [2.45, 2.75) is 32.3 Å². The van der Waals surface area contributed by atoms with E-state index in [0.29, 0.717) is 11.5 Å². The number of nitrogens with zero attached hydrogens (tertiary/aromatic N) is 1. The molecular formula is C27H24N2O2S. The van der Waals surface area contributed by atoms with Crippen LogP contribution in [0.15, 0.2) is 78.4 Å². The van der Waals surface area contributed by atoms with E-state index in [4.69, 9.17) is 4.74 Å². The SMILES string of the molecule is O=C(Nc1ccc(Cc2ccncc2)cc1)c1cc(COc2ccc3c(c2)CCC3)cs1. The maximum absolute atomic E-state index is 12.7. The Morgan fingerprint density at radius 1 is 0.906 bits per heavy atom. The molecule has 0 spiro atoms. The van der Waals surface area contributed by atoms with Gasteiger partial charge in [-0.2, -0.15) is 0 Å². The van der Waals surface area contributed by atoms with Gasteiger partial charge in [0, 0.05) is 23.6 Å². The second-order valence-electron chi connectivity index (χ2n) is 8.08. The third-order valence-corrected chi connectivity index (χ3v) is 6.70. The van der Waals surface area contributed by atoms with E-state index in [0.717, 1.165) is 29.8 Å². The van der Waals surface area contributed by atoms with Crippen LogP contribution in [-0.4, -0.2) is 10.9 Å². The lowest BCUT2D eigenvalue weighted by Crippen LogP contribution is -2.10. The van der Waals surface area contributed by atoms with Crippen molar-refractivity contribution >= 4 is 22.9 Å². The molecule has 0 atom stereocenters. The summed E-state index contributed by atoms with van der Waals surface area (Å²) in [4.78, 5) is 17.4. The van der Waals surface area contributed by atoms with Crippen LogP contribution in [-0.2, 0) is 25.9 Å². The number of anilines is 1. The van der Waals surface area contributed by atoms with Gasteiger partial charge in [-0.05, 0) is 95.8 Å². The number of carbonyl (C=O) groups is 1. The zero-order chi connectivity index (χ0) is 21.8. The Bertz CT molecular complexity index is 1220. The van der Waals surface area contributed by atoms with E-state index < -0.39 is 0 Å². The first kappa shape index (κ1) is 20.5. The minimum absolute atomic E-state index is 0.0966. The van der Waals surface area contributed by atoms with Gasteiger partial charge in [0.2, 0.25) is 0 Å². The normalized spacial score (nSPS) is 12.4. The lowest BCUT2D eigenvalue weighted by atomic mass is 10.1. The summed E-state index contributed by atoms with van der Waals surface area (Å²) >= 11 is 1.44. The number of aromatic nitrogens is 1. The topological polar surface area (TPSA) is 51.2 Å². The van der Waals surface area contributed by atoms with E-state index >= 15 is 0 Å². The summed E-state index contributed by atoms with van der Waals surface area (Å²) in [6.45, 7) is 0.465. The molecule has 0 saturated heterocycles. The zero-order valence-electron chi connectivity index (χ0n) is 17.7. The minimum Gasteiger partial charge on any atom is -0.489 e. The third kappa shape index (κ3) is 4.89. The smallest absolute Gasteiger partial charge is 0.265 e. The number of hydrogen-bond donors (Lipinski definition) is 1. The number of hydrogen-bond acceptors (Lipinski definition) is 4. The Morgan fingerprint density at radius 2 is 1.69 bits per heavy atom. The predicted octanol–water partition coefficient (Wildman–Crippen LogP) is 6.05. The summed E-state index contributed by atoms with van der Waals surface area (Å²) in [5.41, 5.74) is 7.05. The summed E-state index contributed by atoms with van der Waals surface area (Å²) in [5, 5.41) is 4.97. The van der Waals surface area contributed by atoms with E-state index in [2.05, 4.69) is 22.4 Å². The molecule has 32 heavy (non-hydrogen) atoms. The van der Waals surface area contributed by atoms with E-state index in [-0.39, 0.29) is 5.91 Å². The van der Waals surface area contributed by atoms with E-state index in [1.807, 2.05) is 53.9 Å². The van der Waals surface area contributed by atoms with Crippen LogP contribution in [0.2, 0.25) is 0 Å². The van der Waals surface area contributed by atoms with Crippen LogP contribution in [0, 0.1) is 0 Å². The largest absolute Gasteiger partial charge is 0.489 e. The number of rotatable bonds is 7. The molecule has 0 fully saturated rings. The van der Waals surface area contributed by atoms with Gasteiger partial charge in [0.25, 0.3) is 5.91 Å². The molecule has 160 valence electrons. The van der Waals surface area contributed by atoms with Crippen LogP contribution in [0.1, 0.15) is 43.9 Å². The Kier molecular flexibility index (Phi) is 5.99. The molecule has 1 aliphatic rings. The standard InChI is InChI=1S/C27H24N2O2S/c30-27(29-24-7-4-19(5-8-24)14-20-10-12-28-13-11-20)26-15-21(18-32-26)17-31-25-9-6-22-2-1-3-23(22)16-25/h4-13,15-16,18H,1-3,14,17H2,(H,29,30). The number of nitrogens with one attached hydrogen (secondary N) is 1. The van der Waals surface area contributed by atoms with Gasteiger partial charge in [-0.25, -0.2) is 0 Å². The summed E-state index contributed by atoms with van der Waals surface area (Å²) in [6.07, 6.45) is 7.99. The van der Waals surface area contributed by atoms with Crippen molar-refractivity contribution < 1.29 is 9.53 Å². The molecule has 0 bridgehead atoms. The van der Waals surface area contributed by atoms with Crippen LogP contribution in [0.4, 0.5) is 5.69 Å². The predicted molar refractivity (Wildman–Crippen MR) is 129 cm³/mol. The molecule has 4 nitrogen and oxygen atoms in total. The fraction of sp³-hybridized carbons (Fsp3) is 0.185. The first-order valence-electron chi connectivity index (χ1n) is 10.8. The number of pyridine rings is 1. The highest BCUT2D eigenvalue weighted by atomic mass is 32.1. The summed E-state index contributed by atoms with van der Waals surface area (Å²) in [6, 6.07) is 20.3. The summed E-state index contributed by atoms with van der Waals surface area (Å²) in [7, 11) is 0. The molecule has 5 heteroatoms. The maximum Gasteiger partial charge on any atom is 0.265 e. The van der Waals surface area contributed by atoms with Crippen molar-refractivity contribution in [1.82, 2.24) is 4.98 Å². The average molecular weight is 441 g/mol. The van der Waals surface area contributed by atoms with Gasteiger partial charge >= 0.3 is 0 Å². The highest BCUT2D eigenvalue weighted by Gasteiger charge is 2.13. The fourth-order valence-electron chi connectivity index (χ4n) is 4.01. The maximum atomic E-state index is 12.7. The summed E-state index contributed by atoms with van der Waals surface area (Å²) in [5.74, 6) is 0.801. The van der Waals surface area contributed by atoms with Gasteiger partial charge in [0.1, 0.15) is 12.4 Å². The van der Waals surface area contributed by atoms with E-state index in [9.17, 15) is 4.79 Å². The van der Waals surface area contributed by atoms with Gasteiger partial charge < -0.3 is 10.1 Å². The molecule has 2 heterocycles. The van der Waals surface area contributed by atoms with Crippen molar-refractivity contribution in [3.05, 3.63) is 111 Å². The van der Waals surface area contributed by atoms with Crippen molar-refractivity contribution in [2.75, 3.05) is 5.32 Å². The second kappa shape index (κ2) is 9.37. The van der Waals surface area contributed by atoms with Gasteiger partial charge in [0.05, 0.1) is 4.88 Å². The van der Waals surface area contributed by atoms with Crippen molar-refractivity contribution in [2.24, 2.45) is 0 Å². The van der Waals surface area contributed by atoms with Crippen molar-refractivity contribution in [3.8, 4) is 5.75 Å². The molecule has 4 aromatic rings. The minimum atomic E-state index is -0.0966. The Morgan fingerprint density at radius 3 is 2.53 bits per heavy atom. The van der Waals surface area contributed by atoms with Crippen LogP contribution < -0.4 is 10.1 Å². The highest BCUT2D eigenvalue weighted by Crippen LogP contribution is 2.27. The molecule has 1 amide bonds. The number of benzene rings is 2. The second-order valence-corrected chi connectivity index (χ2v) is 8.99. The molecule has 0 saturated carbocycles. The first-order chi connectivity index (χ1) is 15.7. The third-order valence-electron chi connectivity index (χ3n) is 5.72. The molecule has 0 aliphatic heterocycles. The van der Waals surface area contributed by atoms with Crippen LogP contribution in [0.3, 0.4) is 0 Å². The molecule has 1 N–H and O–H groups in total. The Labute approximate surface area is 191 Å². The monoisotopic (exact) mass is 440 g/mol. The van der Waals surface area contributed by atoms with Gasteiger partial charge in [0.15, 0.2) is 0 Å². The van der Waals surface area contributed by atoms with Crippen LogP contribution in [0.25, 0.3) is 0 Å². The summed E-state index contributed by atoms with van der Waals surface area (Å²) < 4.78 is 5.96. The number of amides is 1. The molecule has 0 unspecified atom stereocenters. The number of fused-ring (bicyclic) bond motifs is 1. The Balaban J connectivity index is 1.16. The van der Waals surface area contributed by atoms with Crippen LogP contribution in [0.5, 0.6) is 5.75 Å². The molecule has 1 aliphatic carbocycles. The number of carbonyl (C=O) groups excluding carboxylic acids is 1. The number of ether oxygens (including phenoxy) is 1. The lowest BCUT2D eigenvalue weighted by molar-refractivity contribution is 0.103. The highest BCUT2D eigenvalue weighted by molar-refractivity contribution is 7.12. The lowest BCUT2D eigenvalue weighted by Gasteiger charge is -2.07. The van der Waals surface area contributed by atoms with E-state index in [1.54, 1.807) is 12.4 Å². The molecule has 2 aromatic heterocycles. The van der Waals surface area contributed by atoms with Gasteiger partial charge in [-0.15, -0.1) is 11.3 Å². The van der Waals surface area contributed by atoms with Gasteiger partial charge in [-0.1, -0.05) is 18.2 Å². The Hall–Kier alpha value is -3.44. The average Bonchev–Trinajstić information content (AvgIpc) is 3.49. The number of aryl methyl sites for hydroxylation is 2. The zero-order valence-corrected chi connectivity index (χ0v) is 18.5. The van der Waals surface area contributed by atoms with Crippen molar-refractivity contribution in [3.63, 3.8) is 0 Å². The number of thiophene rings is 1. The molecule has 2 aromatic carbocycles. The van der Waals surface area contributed by atoms with Crippen LogP contribution >= 0.6 is 11.3 Å². The molecular weight excluding hydrogens is 416 g/mol. The fourth-order valence-corrected chi connectivity index (χ4v) is 4.80.